The normalized spacial score (nSPS) is 18.2. The molecule has 1 aromatic rings. The van der Waals surface area contributed by atoms with Crippen LogP contribution in [-0.4, -0.2) is 12.6 Å². The number of fused-ring (bicyclic) bond motifs is 1. The van der Waals surface area contributed by atoms with Crippen LogP contribution in [0.5, 0.6) is 0 Å². The smallest absolute Gasteiger partial charge is 0.334 e. The van der Waals surface area contributed by atoms with E-state index in [9.17, 15) is 5.11 Å². The van der Waals surface area contributed by atoms with Crippen molar-refractivity contribution in [3.63, 3.8) is 0 Å². The molecule has 0 amide bonds. The van der Waals surface area contributed by atoms with Gasteiger partial charge in [0.1, 0.15) is 0 Å². The Hall–Kier alpha value is -1.49. The number of benzene rings is 1. The van der Waals surface area contributed by atoms with Gasteiger partial charge in [0.2, 0.25) is 0 Å². The lowest BCUT2D eigenvalue weighted by Crippen LogP contribution is -2.11. The second-order valence-electron chi connectivity index (χ2n) is 2.96. The van der Waals surface area contributed by atoms with Crippen LogP contribution in [0.4, 0.5) is 0 Å². The summed E-state index contributed by atoms with van der Waals surface area (Å²) >= 11 is 0. The first kappa shape index (κ1) is 9.08. The van der Waals surface area contributed by atoms with Gasteiger partial charge in [-0.05, 0) is 16.6 Å². The fraction of sp³-hybridized carbons (Fsp3) is 0.250. The van der Waals surface area contributed by atoms with Crippen molar-refractivity contribution >= 4 is 12.9 Å². The highest BCUT2D eigenvalue weighted by molar-refractivity contribution is 6.49. The summed E-state index contributed by atoms with van der Waals surface area (Å²) in [6, 6.07) is 5.41. The summed E-state index contributed by atoms with van der Waals surface area (Å²) in [5, 5.41) is 12.8. The van der Waals surface area contributed by atoms with E-state index in [1.807, 2.05) is 6.07 Å². The molecule has 5 nitrogen and oxygen atoms in total. The molecule has 0 aromatic heterocycles. The lowest BCUT2D eigenvalue weighted by atomic mass is 9.86. The quantitative estimate of drug-likeness (QED) is 0.321. The average molecular weight is 188 g/mol. The number of hydrogen-bond donors (Lipinski definition) is 1. The highest BCUT2D eigenvalue weighted by Crippen LogP contribution is 2.18. The molecule has 69 valence electrons. The summed E-state index contributed by atoms with van der Waals surface area (Å²) in [6.45, 7) is 0.313. The molecule has 1 aromatic carbocycles. The van der Waals surface area contributed by atoms with Crippen LogP contribution in [0.2, 0.25) is 0 Å². The Morgan fingerprint density at radius 1 is 1.64 bits per heavy atom. The Kier molecular flexibility index (Phi) is 2.41. The van der Waals surface area contributed by atoms with Gasteiger partial charge in [-0.25, -0.2) is 0 Å². The van der Waals surface area contributed by atoms with Gasteiger partial charge in [0.05, 0.1) is 6.54 Å². The van der Waals surface area contributed by atoms with Crippen molar-refractivity contribution in [3.8, 4) is 0 Å². The molecule has 1 radical (unpaired) electrons. The largest absolute Gasteiger partial charge is 0.407 e. The number of azide groups is 1. The zero-order valence-electron chi connectivity index (χ0n) is 7.29. The molecular formula is C8H7BN3O2. The minimum absolute atomic E-state index is 0.313. The standard InChI is InChI=1S/C8H7BN3O2/c10-12-11-4-5-1-2-6-7(3-5)9-14-8(6)13/h1-3,8,13H,4H2. The summed E-state index contributed by atoms with van der Waals surface area (Å²) in [5.41, 5.74) is 10.6. The van der Waals surface area contributed by atoms with E-state index in [4.69, 9.17) is 10.2 Å². The molecule has 0 aliphatic carbocycles. The van der Waals surface area contributed by atoms with Gasteiger partial charge in [-0.1, -0.05) is 23.3 Å². The third kappa shape index (κ3) is 1.58. The van der Waals surface area contributed by atoms with Gasteiger partial charge in [-0.15, -0.1) is 0 Å². The van der Waals surface area contributed by atoms with Gasteiger partial charge < -0.3 is 9.76 Å². The van der Waals surface area contributed by atoms with Crippen molar-refractivity contribution in [2.24, 2.45) is 5.11 Å². The molecule has 0 bridgehead atoms. The first-order valence-corrected chi connectivity index (χ1v) is 4.11. The zero-order valence-corrected chi connectivity index (χ0v) is 7.29. The van der Waals surface area contributed by atoms with Crippen molar-refractivity contribution < 1.29 is 9.76 Å². The van der Waals surface area contributed by atoms with Crippen LogP contribution in [0, 0.1) is 0 Å². The van der Waals surface area contributed by atoms with Crippen LogP contribution in [0.25, 0.3) is 10.4 Å². The van der Waals surface area contributed by atoms with Crippen molar-refractivity contribution in [1.82, 2.24) is 0 Å². The molecule has 0 saturated carbocycles. The van der Waals surface area contributed by atoms with Gasteiger partial charge in [-0.2, -0.15) is 0 Å². The molecular weight excluding hydrogens is 181 g/mol. The summed E-state index contributed by atoms with van der Waals surface area (Å²) in [4.78, 5) is 2.67. The molecule has 14 heavy (non-hydrogen) atoms. The number of rotatable bonds is 2. The van der Waals surface area contributed by atoms with Crippen LogP contribution in [-0.2, 0) is 11.2 Å². The van der Waals surface area contributed by atoms with Gasteiger partial charge in [0.15, 0.2) is 6.29 Å². The molecule has 1 aliphatic rings. The number of nitrogens with zero attached hydrogens (tertiary/aromatic N) is 3. The van der Waals surface area contributed by atoms with Crippen LogP contribution < -0.4 is 5.46 Å². The Balaban J connectivity index is 2.27. The summed E-state index contributed by atoms with van der Waals surface area (Å²) < 4.78 is 4.91. The second-order valence-corrected chi connectivity index (χ2v) is 2.96. The van der Waals surface area contributed by atoms with Crippen molar-refractivity contribution in [2.45, 2.75) is 12.8 Å². The predicted octanol–water partition coefficient (Wildman–Crippen LogP) is 0.762. The Labute approximate surface area is 81.2 Å². The van der Waals surface area contributed by atoms with Crippen LogP contribution in [0.15, 0.2) is 23.3 Å². The fourth-order valence-corrected chi connectivity index (χ4v) is 1.37. The Morgan fingerprint density at radius 2 is 2.50 bits per heavy atom. The minimum atomic E-state index is -0.862. The van der Waals surface area contributed by atoms with E-state index in [1.165, 1.54) is 7.48 Å². The molecule has 2 rings (SSSR count). The number of hydrogen-bond acceptors (Lipinski definition) is 3. The van der Waals surface area contributed by atoms with E-state index < -0.39 is 6.29 Å². The molecule has 0 fully saturated rings. The average Bonchev–Trinajstić information content (AvgIpc) is 2.57. The number of aliphatic hydroxyl groups is 1. The molecule has 1 aliphatic heterocycles. The second kappa shape index (κ2) is 3.71. The van der Waals surface area contributed by atoms with E-state index in [-0.39, 0.29) is 0 Å². The maximum Gasteiger partial charge on any atom is 0.334 e. The van der Waals surface area contributed by atoms with Gasteiger partial charge in [-0.3, -0.25) is 0 Å². The topological polar surface area (TPSA) is 78.2 Å². The van der Waals surface area contributed by atoms with Gasteiger partial charge >= 0.3 is 7.48 Å². The SMILES string of the molecule is [N-]=[N+]=NCc1ccc2c(c1)[B]OC2O. The Morgan fingerprint density at radius 3 is 3.29 bits per heavy atom. The molecule has 1 heterocycles. The maximum absolute atomic E-state index is 9.31. The van der Waals surface area contributed by atoms with Gasteiger partial charge in [0, 0.05) is 10.5 Å². The molecule has 6 heteroatoms. The summed E-state index contributed by atoms with van der Waals surface area (Å²) in [7, 11) is 1.50. The van der Waals surface area contributed by atoms with Crippen molar-refractivity contribution in [1.29, 1.82) is 0 Å². The minimum Gasteiger partial charge on any atom is -0.407 e. The zero-order chi connectivity index (χ0) is 9.97. The Bertz CT molecular complexity index is 404. The lowest BCUT2D eigenvalue weighted by molar-refractivity contribution is -0.00794. The van der Waals surface area contributed by atoms with Gasteiger partial charge in [0.25, 0.3) is 0 Å². The first-order valence-electron chi connectivity index (χ1n) is 4.11. The van der Waals surface area contributed by atoms with Crippen molar-refractivity contribution in [3.05, 3.63) is 39.8 Å². The van der Waals surface area contributed by atoms with E-state index in [2.05, 4.69) is 10.0 Å². The first-order chi connectivity index (χ1) is 6.81. The monoisotopic (exact) mass is 188 g/mol. The molecule has 0 saturated heterocycles. The summed E-state index contributed by atoms with van der Waals surface area (Å²) in [5.74, 6) is 0. The predicted molar refractivity (Wildman–Crippen MR) is 50.7 cm³/mol. The third-order valence-electron chi connectivity index (χ3n) is 2.06. The maximum atomic E-state index is 9.31. The van der Waals surface area contributed by atoms with E-state index in [0.29, 0.717) is 6.54 Å². The molecule has 0 spiro atoms. The van der Waals surface area contributed by atoms with E-state index in [0.717, 1.165) is 16.6 Å². The van der Waals surface area contributed by atoms with Crippen molar-refractivity contribution in [2.75, 3.05) is 0 Å². The highest BCUT2D eigenvalue weighted by Gasteiger charge is 2.21. The summed E-state index contributed by atoms with van der Waals surface area (Å²) in [6.07, 6.45) is -0.862. The van der Waals surface area contributed by atoms with E-state index >= 15 is 0 Å². The van der Waals surface area contributed by atoms with E-state index in [1.54, 1.807) is 12.1 Å². The van der Waals surface area contributed by atoms with Crippen LogP contribution >= 0.6 is 0 Å². The highest BCUT2D eigenvalue weighted by atomic mass is 16.6. The third-order valence-corrected chi connectivity index (χ3v) is 2.06. The van der Waals surface area contributed by atoms with Crippen LogP contribution in [0.1, 0.15) is 17.4 Å². The fourth-order valence-electron chi connectivity index (χ4n) is 1.37. The molecule has 1 N–H and O–H groups in total. The number of aliphatic hydroxyl groups excluding tert-OH is 1. The molecule has 1 atom stereocenters. The van der Waals surface area contributed by atoms with Crippen LogP contribution in [0.3, 0.4) is 0 Å². The molecule has 1 unspecified atom stereocenters. The lowest BCUT2D eigenvalue weighted by Gasteiger charge is -2.03.